The van der Waals surface area contributed by atoms with Crippen LogP contribution in [0.2, 0.25) is 0 Å². The van der Waals surface area contributed by atoms with Crippen LogP contribution in [0.3, 0.4) is 0 Å². The Kier molecular flexibility index (Phi) is 2.23. The van der Waals surface area contributed by atoms with E-state index >= 15 is 0 Å². The second-order valence-electron chi connectivity index (χ2n) is 3.57. The van der Waals surface area contributed by atoms with Gasteiger partial charge in [-0.3, -0.25) is 0 Å². The van der Waals surface area contributed by atoms with Crippen molar-refractivity contribution in [2.75, 3.05) is 5.73 Å². The first kappa shape index (κ1) is 8.19. The van der Waals surface area contributed by atoms with Crippen LogP contribution in [0.25, 0.3) is 0 Å². The van der Waals surface area contributed by atoms with Crippen molar-refractivity contribution >= 4 is 5.69 Å². The van der Waals surface area contributed by atoms with Crippen LogP contribution in [0.4, 0.5) is 5.69 Å². The van der Waals surface area contributed by atoms with Crippen molar-refractivity contribution in [3.63, 3.8) is 0 Å². The second-order valence-corrected chi connectivity index (χ2v) is 3.57. The van der Waals surface area contributed by atoms with E-state index in [0.717, 1.165) is 23.6 Å². The molecule has 2 rings (SSSR count). The van der Waals surface area contributed by atoms with Gasteiger partial charge in [0.05, 0.1) is 0 Å². The molecule has 2 N–H and O–H groups in total. The molecule has 0 saturated heterocycles. The van der Waals surface area contributed by atoms with Crippen LogP contribution < -0.4 is 5.73 Å². The van der Waals surface area contributed by atoms with Gasteiger partial charge < -0.3 is 5.73 Å². The van der Waals surface area contributed by atoms with Crippen molar-refractivity contribution in [1.29, 1.82) is 0 Å². The van der Waals surface area contributed by atoms with E-state index in [1.807, 2.05) is 24.3 Å². The SMILES string of the molecule is Nc1ccc(C#CCC2CC2)cc1. The highest BCUT2D eigenvalue weighted by Gasteiger charge is 2.19. The van der Waals surface area contributed by atoms with E-state index in [9.17, 15) is 0 Å². The molecule has 66 valence electrons. The largest absolute Gasteiger partial charge is 0.399 e. The van der Waals surface area contributed by atoms with Gasteiger partial charge in [-0.05, 0) is 43.0 Å². The average Bonchev–Trinajstić information content (AvgIpc) is 2.92. The quantitative estimate of drug-likeness (QED) is 0.509. The summed E-state index contributed by atoms with van der Waals surface area (Å²) >= 11 is 0. The zero-order valence-electron chi connectivity index (χ0n) is 7.59. The minimum Gasteiger partial charge on any atom is -0.399 e. The zero-order valence-corrected chi connectivity index (χ0v) is 7.59. The Morgan fingerprint density at radius 1 is 1.23 bits per heavy atom. The van der Waals surface area contributed by atoms with Crippen LogP contribution in [0, 0.1) is 17.8 Å². The highest BCUT2D eigenvalue weighted by molar-refractivity contribution is 5.44. The van der Waals surface area contributed by atoms with Crippen molar-refractivity contribution < 1.29 is 0 Å². The summed E-state index contributed by atoms with van der Waals surface area (Å²) in [5.41, 5.74) is 7.43. The Hall–Kier alpha value is -1.42. The van der Waals surface area contributed by atoms with Gasteiger partial charge in [0.1, 0.15) is 0 Å². The molecule has 1 aromatic carbocycles. The molecule has 1 heteroatoms. The van der Waals surface area contributed by atoms with Crippen LogP contribution in [-0.2, 0) is 0 Å². The van der Waals surface area contributed by atoms with Crippen molar-refractivity contribution in [1.82, 2.24) is 0 Å². The molecule has 1 saturated carbocycles. The third kappa shape index (κ3) is 2.52. The van der Waals surface area contributed by atoms with E-state index in [-0.39, 0.29) is 0 Å². The van der Waals surface area contributed by atoms with Gasteiger partial charge in [0.25, 0.3) is 0 Å². The Bertz CT molecular complexity index is 336. The van der Waals surface area contributed by atoms with E-state index < -0.39 is 0 Å². The minimum absolute atomic E-state index is 0.799. The lowest BCUT2D eigenvalue weighted by atomic mass is 10.2. The van der Waals surface area contributed by atoms with Gasteiger partial charge in [-0.25, -0.2) is 0 Å². The van der Waals surface area contributed by atoms with E-state index in [0.29, 0.717) is 0 Å². The highest BCUT2D eigenvalue weighted by Crippen LogP contribution is 2.31. The van der Waals surface area contributed by atoms with E-state index in [2.05, 4.69) is 11.8 Å². The summed E-state index contributed by atoms with van der Waals surface area (Å²) in [5, 5.41) is 0. The number of hydrogen-bond donors (Lipinski definition) is 1. The Morgan fingerprint density at radius 2 is 1.92 bits per heavy atom. The molecular weight excluding hydrogens is 158 g/mol. The summed E-state index contributed by atoms with van der Waals surface area (Å²) in [6, 6.07) is 7.72. The molecule has 0 unspecified atom stereocenters. The van der Waals surface area contributed by atoms with E-state index in [1.165, 1.54) is 12.8 Å². The molecule has 0 atom stereocenters. The number of nitrogen functional groups attached to an aromatic ring is 1. The minimum atomic E-state index is 0.799. The normalized spacial score (nSPS) is 14.8. The van der Waals surface area contributed by atoms with Gasteiger partial charge in [0.15, 0.2) is 0 Å². The lowest BCUT2D eigenvalue weighted by Crippen LogP contribution is -1.83. The number of rotatable bonds is 1. The van der Waals surface area contributed by atoms with Crippen molar-refractivity contribution in [3.8, 4) is 11.8 Å². The lowest BCUT2D eigenvalue weighted by molar-refractivity contribution is 0.884. The first-order chi connectivity index (χ1) is 6.34. The first-order valence-corrected chi connectivity index (χ1v) is 4.69. The topological polar surface area (TPSA) is 26.0 Å². The van der Waals surface area contributed by atoms with Crippen molar-refractivity contribution in [2.45, 2.75) is 19.3 Å². The van der Waals surface area contributed by atoms with Crippen molar-refractivity contribution in [2.24, 2.45) is 5.92 Å². The van der Waals surface area contributed by atoms with Gasteiger partial charge in [0.2, 0.25) is 0 Å². The molecule has 1 aromatic rings. The Morgan fingerprint density at radius 3 is 2.54 bits per heavy atom. The summed E-state index contributed by atoms with van der Waals surface area (Å²) < 4.78 is 0. The molecule has 0 spiro atoms. The van der Waals surface area contributed by atoms with Gasteiger partial charge in [-0.1, -0.05) is 11.8 Å². The molecule has 0 heterocycles. The van der Waals surface area contributed by atoms with Gasteiger partial charge in [-0.2, -0.15) is 0 Å². The maximum atomic E-state index is 5.57. The third-order valence-corrected chi connectivity index (χ3v) is 2.23. The molecule has 13 heavy (non-hydrogen) atoms. The van der Waals surface area contributed by atoms with Crippen LogP contribution in [0.5, 0.6) is 0 Å². The molecule has 0 bridgehead atoms. The first-order valence-electron chi connectivity index (χ1n) is 4.69. The number of hydrogen-bond acceptors (Lipinski definition) is 1. The molecule has 0 amide bonds. The van der Waals surface area contributed by atoms with Crippen LogP contribution in [0.1, 0.15) is 24.8 Å². The third-order valence-electron chi connectivity index (χ3n) is 2.23. The molecular formula is C12H13N. The lowest BCUT2D eigenvalue weighted by Gasteiger charge is -1.91. The number of benzene rings is 1. The summed E-state index contributed by atoms with van der Waals surface area (Å²) in [7, 11) is 0. The van der Waals surface area contributed by atoms with Gasteiger partial charge in [-0.15, -0.1) is 0 Å². The molecule has 0 aromatic heterocycles. The van der Waals surface area contributed by atoms with Crippen LogP contribution >= 0.6 is 0 Å². The fraction of sp³-hybridized carbons (Fsp3) is 0.333. The molecule has 1 aliphatic rings. The van der Waals surface area contributed by atoms with Gasteiger partial charge in [0, 0.05) is 17.7 Å². The summed E-state index contributed by atoms with van der Waals surface area (Å²) in [5.74, 6) is 7.22. The maximum absolute atomic E-state index is 5.57. The predicted molar refractivity (Wildman–Crippen MR) is 55.1 cm³/mol. The summed E-state index contributed by atoms with van der Waals surface area (Å²) in [4.78, 5) is 0. The fourth-order valence-corrected chi connectivity index (χ4v) is 1.19. The summed E-state index contributed by atoms with van der Waals surface area (Å²) in [6.07, 6.45) is 3.80. The Balaban J connectivity index is 1.98. The molecule has 1 nitrogen and oxygen atoms in total. The van der Waals surface area contributed by atoms with Gasteiger partial charge >= 0.3 is 0 Å². The molecule has 0 aliphatic heterocycles. The van der Waals surface area contributed by atoms with Crippen LogP contribution in [-0.4, -0.2) is 0 Å². The average molecular weight is 171 g/mol. The monoisotopic (exact) mass is 171 g/mol. The maximum Gasteiger partial charge on any atom is 0.0314 e. The highest BCUT2D eigenvalue weighted by atomic mass is 14.5. The van der Waals surface area contributed by atoms with Crippen molar-refractivity contribution in [3.05, 3.63) is 29.8 Å². The smallest absolute Gasteiger partial charge is 0.0314 e. The molecule has 1 fully saturated rings. The molecule has 1 aliphatic carbocycles. The number of anilines is 1. The Labute approximate surface area is 79.0 Å². The van der Waals surface area contributed by atoms with Crippen LogP contribution in [0.15, 0.2) is 24.3 Å². The fourth-order valence-electron chi connectivity index (χ4n) is 1.19. The predicted octanol–water partition coefficient (Wildman–Crippen LogP) is 2.42. The second kappa shape index (κ2) is 3.53. The number of nitrogens with two attached hydrogens (primary N) is 1. The zero-order chi connectivity index (χ0) is 9.10. The van der Waals surface area contributed by atoms with E-state index in [1.54, 1.807) is 0 Å². The molecule has 0 radical (unpaired) electrons. The standard InChI is InChI=1S/C12H13N/c13-12-8-6-11(7-9-12)3-1-2-10-4-5-10/h6-10H,2,4-5,13H2. The summed E-state index contributed by atoms with van der Waals surface area (Å²) in [6.45, 7) is 0. The van der Waals surface area contributed by atoms with E-state index in [4.69, 9.17) is 5.73 Å².